The second-order valence-corrected chi connectivity index (χ2v) is 8.96. The highest BCUT2D eigenvalue weighted by atomic mass is 28.3. The van der Waals surface area contributed by atoms with Crippen LogP contribution in [0.4, 0.5) is 0 Å². The highest BCUT2D eigenvalue weighted by Gasteiger charge is 2.17. The lowest BCUT2D eigenvalue weighted by Gasteiger charge is -2.15. The minimum Gasteiger partial charge on any atom is -0.480 e. The van der Waals surface area contributed by atoms with Crippen LogP contribution in [0.5, 0.6) is 0 Å². The van der Waals surface area contributed by atoms with E-state index in [9.17, 15) is 4.79 Å². The first-order chi connectivity index (χ1) is 6.38. The van der Waals surface area contributed by atoms with Crippen molar-refractivity contribution in [2.45, 2.75) is 19.6 Å². The molecule has 0 radical (unpaired) electrons. The van der Waals surface area contributed by atoms with Crippen LogP contribution in [0, 0.1) is 12.3 Å². The van der Waals surface area contributed by atoms with Gasteiger partial charge in [0.2, 0.25) is 0 Å². The summed E-state index contributed by atoms with van der Waals surface area (Å²) in [5.41, 5.74) is 0. The molecule has 0 aromatic heterocycles. The summed E-state index contributed by atoms with van der Waals surface area (Å²) in [5, 5.41) is 9.28. The molecular formula is C10H16O3Si. The van der Waals surface area contributed by atoms with Gasteiger partial charge in [-0.05, 0) is 5.20 Å². The molecule has 0 atom stereocenters. The number of carbonyl (C=O) groups is 1. The van der Waals surface area contributed by atoms with Crippen molar-refractivity contribution in [3.8, 4) is 12.3 Å². The lowest BCUT2D eigenvalue weighted by atomic mass is 10.5. The van der Waals surface area contributed by atoms with E-state index in [0.717, 1.165) is 5.20 Å². The molecule has 4 heteroatoms. The minimum absolute atomic E-state index is 0.274. The van der Waals surface area contributed by atoms with E-state index in [1.54, 1.807) is 6.08 Å². The Kier molecular flexibility index (Phi) is 5.21. The maximum absolute atomic E-state index is 10.1. The zero-order valence-electron chi connectivity index (χ0n) is 8.83. The number of aliphatic carboxylic acids is 1. The molecule has 0 heterocycles. The summed E-state index contributed by atoms with van der Waals surface area (Å²) in [6.45, 7) is 6.40. The van der Waals surface area contributed by atoms with E-state index in [-0.39, 0.29) is 13.2 Å². The molecule has 14 heavy (non-hydrogen) atoms. The summed E-state index contributed by atoms with van der Waals surface area (Å²) in [7, 11) is -1.47. The molecule has 0 bridgehead atoms. The van der Waals surface area contributed by atoms with E-state index < -0.39 is 14.0 Å². The van der Waals surface area contributed by atoms with E-state index in [4.69, 9.17) is 16.3 Å². The van der Waals surface area contributed by atoms with E-state index >= 15 is 0 Å². The highest BCUT2D eigenvalue weighted by Crippen LogP contribution is 2.12. The van der Waals surface area contributed by atoms with Gasteiger partial charge in [-0.15, -0.1) is 6.42 Å². The van der Waals surface area contributed by atoms with Crippen molar-refractivity contribution in [3.05, 3.63) is 11.3 Å². The van der Waals surface area contributed by atoms with Crippen molar-refractivity contribution in [1.29, 1.82) is 0 Å². The molecule has 0 rings (SSSR count). The Balaban J connectivity index is 4.10. The number of hydrogen-bond acceptors (Lipinski definition) is 2. The van der Waals surface area contributed by atoms with Gasteiger partial charge in [0.05, 0.1) is 14.7 Å². The zero-order chi connectivity index (χ0) is 11.2. The number of ether oxygens (including phenoxy) is 1. The third-order valence-corrected chi connectivity index (χ3v) is 3.56. The van der Waals surface area contributed by atoms with Gasteiger partial charge in [0, 0.05) is 0 Å². The summed E-state index contributed by atoms with van der Waals surface area (Å²) in [5.74, 6) is 1.66. The van der Waals surface area contributed by atoms with Gasteiger partial charge >= 0.3 is 5.97 Å². The first-order valence-electron chi connectivity index (χ1n) is 4.34. The second-order valence-electron chi connectivity index (χ2n) is 3.92. The van der Waals surface area contributed by atoms with Gasteiger partial charge in [0.1, 0.15) is 6.61 Å². The number of hydrogen-bond donors (Lipinski definition) is 1. The molecule has 0 aromatic rings. The monoisotopic (exact) mass is 212 g/mol. The molecule has 0 saturated carbocycles. The molecule has 0 aromatic carbocycles. The Morgan fingerprint density at radius 3 is 2.50 bits per heavy atom. The topological polar surface area (TPSA) is 46.5 Å². The van der Waals surface area contributed by atoms with Gasteiger partial charge in [0.15, 0.2) is 0 Å². The van der Waals surface area contributed by atoms with Gasteiger partial charge in [0.25, 0.3) is 0 Å². The third kappa shape index (κ3) is 5.57. The smallest absolute Gasteiger partial charge is 0.329 e. The van der Waals surface area contributed by atoms with Crippen molar-refractivity contribution >= 4 is 14.0 Å². The zero-order valence-corrected chi connectivity index (χ0v) is 9.83. The lowest BCUT2D eigenvalue weighted by molar-refractivity contribution is -0.141. The fraction of sp³-hybridized carbons (Fsp3) is 0.500. The molecule has 0 aliphatic heterocycles. The summed E-state index contributed by atoms with van der Waals surface area (Å²) in [4.78, 5) is 10.1. The summed E-state index contributed by atoms with van der Waals surface area (Å²) >= 11 is 0. The molecule has 0 saturated heterocycles. The largest absolute Gasteiger partial charge is 0.480 e. The maximum Gasteiger partial charge on any atom is 0.329 e. The van der Waals surface area contributed by atoms with Crippen LogP contribution in [0.3, 0.4) is 0 Å². The normalized spacial score (nSPS) is 12.3. The average Bonchev–Trinajstić information content (AvgIpc) is 2.01. The van der Waals surface area contributed by atoms with Crippen LogP contribution < -0.4 is 0 Å². The molecule has 0 aliphatic rings. The summed E-state index contributed by atoms with van der Waals surface area (Å²) in [6, 6.07) is 0. The van der Waals surface area contributed by atoms with Crippen LogP contribution in [0.1, 0.15) is 0 Å². The number of rotatable bonds is 5. The van der Waals surface area contributed by atoms with Crippen LogP contribution in [-0.2, 0) is 9.53 Å². The number of carboxylic acids is 1. The molecular weight excluding hydrogens is 196 g/mol. The Hall–Kier alpha value is -1.05. The van der Waals surface area contributed by atoms with E-state index in [2.05, 4.69) is 25.6 Å². The number of terminal acetylenes is 1. The Bertz CT molecular complexity index is 268. The molecule has 0 spiro atoms. The SMILES string of the molecule is C#C/C(=C\COCC(=O)O)[Si](C)(C)C. The van der Waals surface area contributed by atoms with Gasteiger partial charge in [-0.1, -0.05) is 31.6 Å². The first kappa shape index (κ1) is 12.9. The fourth-order valence-corrected chi connectivity index (χ4v) is 2.00. The lowest BCUT2D eigenvalue weighted by Crippen LogP contribution is -2.23. The molecule has 0 amide bonds. The van der Waals surface area contributed by atoms with Crippen LogP contribution in [0.25, 0.3) is 0 Å². The van der Waals surface area contributed by atoms with Crippen LogP contribution in [-0.4, -0.2) is 32.4 Å². The first-order valence-corrected chi connectivity index (χ1v) is 7.84. The van der Waals surface area contributed by atoms with Gasteiger partial charge in [-0.3, -0.25) is 0 Å². The Labute approximate surface area is 85.8 Å². The van der Waals surface area contributed by atoms with Crippen molar-refractivity contribution in [2.24, 2.45) is 0 Å². The van der Waals surface area contributed by atoms with Crippen molar-refractivity contribution < 1.29 is 14.6 Å². The molecule has 78 valence electrons. The Morgan fingerprint density at radius 2 is 2.14 bits per heavy atom. The van der Waals surface area contributed by atoms with E-state index in [0.29, 0.717) is 0 Å². The second kappa shape index (κ2) is 5.63. The summed E-state index contributed by atoms with van der Waals surface area (Å²) < 4.78 is 4.87. The summed E-state index contributed by atoms with van der Waals surface area (Å²) in [6.07, 6.45) is 7.15. The standard InChI is InChI=1S/C10H16O3Si/c1-5-9(14(2,3)4)6-7-13-8-10(11)12/h1,6H,7-8H2,2-4H3,(H,11,12)/b9-6+. The number of allylic oxidation sites excluding steroid dienone is 1. The third-order valence-electron chi connectivity index (χ3n) is 1.59. The fourth-order valence-electron chi connectivity index (χ4n) is 0.870. The van der Waals surface area contributed by atoms with Crippen molar-refractivity contribution in [2.75, 3.05) is 13.2 Å². The number of carboxylic acid groups (broad SMARTS) is 1. The predicted molar refractivity (Wildman–Crippen MR) is 58.7 cm³/mol. The van der Waals surface area contributed by atoms with E-state index in [1.807, 2.05) is 0 Å². The van der Waals surface area contributed by atoms with E-state index in [1.165, 1.54) is 0 Å². The molecule has 1 N–H and O–H groups in total. The van der Waals surface area contributed by atoms with Crippen LogP contribution in [0.15, 0.2) is 11.3 Å². The van der Waals surface area contributed by atoms with Gasteiger partial charge in [-0.25, -0.2) is 4.79 Å². The molecule has 3 nitrogen and oxygen atoms in total. The molecule has 0 aliphatic carbocycles. The molecule has 0 unspecified atom stereocenters. The maximum atomic E-state index is 10.1. The van der Waals surface area contributed by atoms with Gasteiger partial charge < -0.3 is 9.84 Å². The average molecular weight is 212 g/mol. The Morgan fingerprint density at radius 1 is 1.57 bits per heavy atom. The highest BCUT2D eigenvalue weighted by molar-refractivity contribution is 6.84. The van der Waals surface area contributed by atoms with Gasteiger partial charge in [-0.2, -0.15) is 0 Å². The van der Waals surface area contributed by atoms with Crippen LogP contribution in [0.2, 0.25) is 19.6 Å². The quantitative estimate of drug-likeness (QED) is 0.427. The minimum atomic E-state index is -1.47. The van der Waals surface area contributed by atoms with Crippen molar-refractivity contribution in [1.82, 2.24) is 0 Å². The van der Waals surface area contributed by atoms with Crippen molar-refractivity contribution in [3.63, 3.8) is 0 Å². The van der Waals surface area contributed by atoms with Crippen LogP contribution >= 0.6 is 0 Å². The predicted octanol–water partition coefficient (Wildman–Crippen LogP) is 1.52. The molecule has 0 fully saturated rings.